The molecule has 5 heteroatoms. The van der Waals surface area contributed by atoms with Gasteiger partial charge in [-0.15, -0.1) is 0 Å². The zero-order valence-electron chi connectivity index (χ0n) is 6.11. The molecule has 66 valence electrons. The second-order valence-corrected chi connectivity index (χ2v) is 3.64. The number of hydrogen-bond acceptors (Lipinski definition) is 1. The summed E-state index contributed by atoms with van der Waals surface area (Å²) < 4.78 is 25.1. The van der Waals surface area contributed by atoms with Crippen molar-refractivity contribution in [3.05, 3.63) is 26.0 Å². The maximum absolute atomic E-state index is 12.2. The molecule has 0 N–H and O–H groups in total. The Morgan fingerprint density at radius 1 is 1.58 bits per heavy atom. The van der Waals surface area contributed by atoms with Crippen molar-refractivity contribution in [1.82, 2.24) is 4.98 Å². The highest BCUT2D eigenvalue weighted by atomic mass is 127. The van der Waals surface area contributed by atoms with Gasteiger partial charge in [0.05, 0.1) is 10.6 Å². The van der Waals surface area contributed by atoms with E-state index in [1.807, 2.05) is 22.6 Å². The number of pyridine rings is 1. The van der Waals surface area contributed by atoms with Crippen LogP contribution in [0.1, 0.15) is 17.6 Å². The first-order valence-electron chi connectivity index (χ1n) is 3.12. The van der Waals surface area contributed by atoms with Gasteiger partial charge in [-0.3, -0.25) is 0 Å². The minimum Gasteiger partial charge on any atom is -0.249 e. The molecular weight excluding hydrogens is 298 g/mol. The predicted molar refractivity (Wildman–Crippen MR) is 51.7 cm³/mol. The maximum atomic E-state index is 12.2. The van der Waals surface area contributed by atoms with Crippen LogP contribution in [0.15, 0.2) is 6.20 Å². The summed E-state index contributed by atoms with van der Waals surface area (Å²) in [6, 6.07) is 0. The molecule has 0 saturated heterocycles. The van der Waals surface area contributed by atoms with E-state index in [1.165, 1.54) is 0 Å². The third-order valence-corrected chi connectivity index (χ3v) is 3.03. The number of alkyl halides is 2. The van der Waals surface area contributed by atoms with Gasteiger partial charge >= 0.3 is 0 Å². The molecule has 1 nitrogen and oxygen atoms in total. The van der Waals surface area contributed by atoms with Gasteiger partial charge in [-0.1, -0.05) is 11.6 Å². The Labute approximate surface area is 87.3 Å². The van der Waals surface area contributed by atoms with Gasteiger partial charge in [0, 0.05) is 11.8 Å². The molecule has 0 amide bonds. The lowest BCUT2D eigenvalue weighted by Crippen LogP contribution is -1.94. The van der Waals surface area contributed by atoms with Crippen molar-refractivity contribution in [3.8, 4) is 0 Å². The molecule has 0 aromatic carbocycles. The summed E-state index contributed by atoms with van der Waals surface area (Å²) in [4.78, 5) is 3.78. The standard InChI is InChI=1S/C7H5ClF2IN/c1-3-5(8)4(6(9)10)2-12-7(3)11/h2,6H,1H3. The van der Waals surface area contributed by atoms with Crippen molar-refractivity contribution < 1.29 is 8.78 Å². The second-order valence-electron chi connectivity index (χ2n) is 2.24. The maximum Gasteiger partial charge on any atom is 0.266 e. The van der Waals surface area contributed by atoms with E-state index in [2.05, 4.69) is 4.98 Å². The van der Waals surface area contributed by atoms with Crippen LogP contribution < -0.4 is 0 Å². The molecular formula is C7H5ClF2IN. The Kier molecular flexibility index (Phi) is 3.22. The summed E-state index contributed by atoms with van der Waals surface area (Å²) in [5.41, 5.74) is 0.407. The molecule has 0 aliphatic heterocycles. The molecule has 1 aromatic heterocycles. The number of halogens is 4. The van der Waals surface area contributed by atoms with Gasteiger partial charge in [0.15, 0.2) is 0 Å². The van der Waals surface area contributed by atoms with E-state index < -0.39 is 6.43 Å². The summed E-state index contributed by atoms with van der Waals surface area (Å²) in [6.45, 7) is 1.67. The Balaban J connectivity index is 3.27. The van der Waals surface area contributed by atoms with Crippen LogP contribution in [0.25, 0.3) is 0 Å². The van der Waals surface area contributed by atoms with Crippen molar-refractivity contribution in [2.45, 2.75) is 13.3 Å². The molecule has 1 heterocycles. The first-order valence-corrected chi connectivity index (χ1v) is 4.58. The monoisotopic (exact) mass is 303 g/mol. The fraction of sp³-hybridized carbons (Fsp3) is 0.286. The van der Waals surface area contributed by atoms with Gasteiger partial charge in [0.1, 0.15) is 3.70 Å². The highest BCUT2D eigenvalue weighted by Gasteiger charge is 2.15. The smallest absolute Gasteiger partial charge is 0.249 e. The Morgan fingerprint density at radius 2 is 2.17 bits per heavy atom. The third-order valence-electron chi connectivity index (χ3n) is 1.44. The summed E-state index contributed by atoms with van der Waals surface area (Å²) in [6.07, 6.45) is -1.44. The lowest BCUT2D eigenvalue weighted by molar-refractivity contribution is 0.151. The van der Waals surface area contributed by atoms with Crippen LogP contribution in [0.5, 0.6) is 0 Å². The Hall–Kier alpha value is 0.0300. The fourth-order valence-corrected chi connectivity index (χ4v) is 1.53. The number of rotatable bonds is 1. The Morgan fingerprint density at radius 3 is 2.67 bits per heavy atom. The van der Waals surface area contributed by atoms with E-state index in [0.717, 1.165) is 6.20 Å². The van der Waals surface area contributed by atoms with E-state index in [1.54, 1.807) is 6.92 Å². The van der Waals surface area contributed by atoms with Crippen LogP contribution in [-0.2, 0) is 0 Å². The van der Waals surface area contributed by atoms with Gasteiger partial charge in [0.2, 0.25) is 0 Å². The highest BCUT2D eigenvalue weighted by molar-refractivity contribution is 14.1. The fourth-order valence-electron chi connectivity index (χ4n) is 0.739. The van der Waals surface area contributed by atoms with Crippen LogP contribution in [0, 0.1) is 10.6 Å². The summed E-state index contributed by atoms with van der Waals surface area (Å²) in [5, 5.41) is 0.115. The van der Waals surface area contributed by atoms with E-state index >= 15 is 0 Å². The first-order chi connectivity index (χ1) is 5.54. The summed E-state index contributed by atoms with van der Waals surface area (Å²) >= 11 is 7.62. The largest absolute Gasteiger partial charge is 0.266 e. The van der Waals surface area contributed by atoms with Crippen LogP contribution in [0.4, 0.5) is 8.78 Å². The minimum atomic E-state index is -2.55. The van der Waals surface area contributed by atoms with Gasteiger partial charge in [0.25, 0.3) is 6.43 Å². The van der Waals surface area contributed by atoms with Crippen LogP contribution in [0.2, 0.25) is 5.02 Å². The minimum absolute atomic E-state index is 0.115. The predicted octanol–water partition coefficient (Wildman–Crippen LogP) is 3.59. The van der Waals surface area contributed by atoms with Crippen molar-refractivity contribution in [2.75, 3.05) is 0 Å². The van der Waals surface area contributed by atoms with E-state index in [0.29, 0.717) is 9.26 Å². The molecule has 0 aliphatic rings. The Bertz CT molecular complexity index is 304. The molecule has 12 heavy (non-hydrogen) atoms. The molecule has 0 aliphatic carbocycles. The summed E-state index contributed by atoms with van der Waals surface area (Å²) in [5.74, 6) is 0. The average molecular weight is 303 g/mol. The average Bonchev–Trinajstić information content (AvgIpc) is 2.00. The summed E-state index contributed by atoms with van der Waals surface area (Å²) in [7, 11) is 0. The van der Waals surface area contributed by atoms with E-state index in [9.17, 15) is 8.78 Å². The zero-order valence-corrected chi connectivity index (χ0v) is 9.03. The highest BCUT2D eigenvalue weighted by Crippen LogP contribution is 2.30. The number of aromatic nitrogens is 1. The molecule has 0 radical (unpaired) electrons. The van der Waals surface area contributed by atoms with Crippen LogP contribution >= 0.6 is 34.2 Å². The normalized spacial score (nSPS) is 10.8. The lowest BCUT2D eigenvalue weighted by atomic mass is 10.2. The molecule has 0 saturated carbocycles. The van der Waals surface area contributed by atoms with Gasteiger partial charge < -0.3 is 0 Å². The van der Waals surface area contributed by atoms with Crippen LogP contribution in [0.3, 0.4) is 0 Å². The van der Waals surface area contributed by atoms with Crippen molar-refractivity contribution in [3.63, 3.8) is 0 Å². The SMILES string of the molecule is Cc1c(I)ncc(C(F)F)c1Cl. The quantitative estimate of drug-likeness (QED) is 0.571. The molecule has 0 bridgehead atoms. The van der Waals surface area contributed by atoms with Crippen molar-refractivity contribution in [1.29, 1.82) is 0 Å². The first kappa shape index (κ1) is 10.1. The van der Waals surface area contributed by atoms with Crippen molar-refractivity contribution >= 4 is 34.2 Å². The topological polar surface area (TPSA) is 12.9 Å². The van der Waals surface area contributed by atoms with Gasteiger partial charge in [-0.2, -0.15) is 0 Å². The third kappa shape index (κ3) is 1.85. The second kappa shape index (κ2) is 3.83. The van der Waals surface area contributed by atoms with Gasteiger partial charge in [-0.05, 0) is 29.5 Å². The van der Waals surface area contributed by atoms with Crippen molar-refractivity contribution in [2.24, 2.45) is 0 Å². The number of hydrogen-bond donors (Lipinski definition) is 0. The molecule has 0 unspecified atom stereocenters. The van der Waals surface area contributed by atoms with E-state index in [-0.39, 0.29) is 10.6 Å². The zero-order chi connectivity index (χ0) is 9.30. The molecule has 0 spiro atoms. The molecule has 1 aromatic rings. The van der Waals surface area contributed by atoms with Crippen LogP contribution in [-0.4, -0.2) is 4.98 Å². The molecule has 1 rings (SSSR count). The molecule has 0 fully saturated rings. The van der Waals surface area contributed by atoms with E-state index in [4.69, 9.17) is 11.6 Å². The van der Waals surface area contributed by atoms with Gasteiger partial charge in [-0.25, -0.2) is 13.8 Å². The lowest BCUT2D eigenvalue weighted by Gasteiger charge is -2.05. The molecule has 0 atom stereocenters. The number of nitrogens with zero attached hydrogens (tertiary/aromatic N) is 1.